The van der Waals surface area contributed by atoms with Crippen LogP contribution in [-0.4, -0.2) is 65.8 Å². The number of pyridine rings is 1. The van der Waals surface area contributed by atoms with Gasteiger partial charge in [0.2, 0.25) is 0 Å². The Morgan fingerprint density at radius 1 is 1.02 bits per heavy atom. The predicted octanol–water partition coefficient (Wildman–Crippen LogP) is 5.85. The number of amides is 1. The van der Waals surface area contributed by atoms with Crippen LogP contribution in [0.2, 0.25) is 5.02 Å². The molecule has 5 rings (SSSR count). The Balaban J connectivity index is 1.88. The number of carboxylic acid groups (broad SMARTS) is 1. The minimum atomic E-state index is -1.01. The molecule has 0 saturated carbocycles. The Morgan fingerprint density at radius 2 is 1.67 bits per heavy atom. The average Bonchev–Trinajstić information content (AvgIpc) is 2.93. The molecule has 0 aliphatic carbocycles. The fourth-order valence-electron chi connectivity index (χ4n) is 5.54. The van der Waals surface area contributed by atoms with Crippen LogP contribution in [0.4, 0.5) is 15.0 Å². The molecule has 4 heterocycles. The van der Waals surface area contributed by atoms with Crippen molar-refractivity contribution in [3.63, 3.8) is 0 Å². The Hall–Kier alpha value is -4.12. The Morgan fingerprint density at radius 3 is 2.26 bits per heavy atom. The van der Waals surface area contributed by atoms with Crippen LogP contribution in [-0.2, 0) is 0 Å². The van der Waals surface area contributed by atoms with E-state index in [0.717, 1.165) is 0 Å². The maximum absolute atomic E-state index is 15.0. The third-order valence-corrected chi connectivity index (χ3v) is 7.92. The molecule has 1 N–H and O–H groups in total. The topological polar surface area (TPSA) is 117 Å². The highest BCUT2D eigenvalue weighted by Crippen LogP contribution is 2.37. The summed E-state index contributed by atoms with van der Waals surface area (Å²) in [5, 5.41) is 10.3. The number of benzene rings is 1. The zero-order valence-electron chi connectivity index (χ0n) is 24.3. The lowest BCUT2D eigenvalue weighted by atomic mass is 10.0. The van der Waals surface area contributed by atoms with Gasteiger partial charge in [-0.1, -0.05) is 51.4 Å². The summed E-state index contributed by atoms with van der Waals surface area (Å²) in [5.41, 5.74) is 1.77. The molecule has 0 spiro atoms. The molecular formula is C30H33ClFN7O3. The lowest BCUT2D eigenvalue weighted by Gasteiger charge is -2.43. The summed E-state index contributed by atoms with van der Waals surface area (Å²) >= 11 is 6.78. The number of aromatic nitrogens is 5. The van der Waals surface area contributed by atoms with Crippen LogP contribution in [0.25, 0.3) is 28.0 Å². The number of hydrogen-bond acceptors (Lipinski definition) is 7. The maximum Gasteiger partial charge on any atom is 0.407 e. The van der Waals surface area contributed by atoms with Crippen molar-refractivity contribution in [2.24, 2.45) is 0 Å². The minimum absolute atomic E-state index is 0.0644. The van der Waals surface area contributed by atoms with Crippen LogP contribution < -0.4 is 10.6 Å². The molecule has 1 aliphatic heterocycles. The smallest absolute Gasteiger partial charge is 0.407 e. The first-order valence-electron chi connectivity index (χ1n) is 13.9. The van der Waals surface area contributed by atoms with Gasteiger partial charge in [-0.2, -0.15) is 4.98 Å². The molecule has 42 heavy (non-hydrogen) atoms. The van der Waals surface area contributed by atoms with Crippen molar-refractivity contribution in [3.05, 3.63) is 69.4 Å². The highest BCUT2D eigenvalue weighted by atomic mass is 35.5. The van der Waals surface area contributed by atoms with Crippen molar-refractivity contribution in [2.75, 3.05) is 18.0 Å². The number of anilines is 1. The lowest BCUT2D eigenvalue weighted by molar-refractivity contribution is 0.114. The number of fused-ring (bicyclic) bond motifs is 1. The molecular weight excluding hydrogens is 561 g/mol. The Kier molecular flexibility index (Phi) is 7.89. The van der Waals surface area contributed by atoms with Gasteiger partial charge in [-0.25, -0.2) is 33.5 Å². The number of halogens is 2. The molecule has 220 valence electrons. The summed E-state index contributed by atoms with van der Waals surface area (Å²) in [6.45, 7) is 12.1. The van der Waals surface area contributed by atoms with E-state index in [0.29, 0.717) is 34.8 Å². The number of piperazine rings is 1. The van der Waals surface area contributed by atoms with Gasteiger partial charge < -0.3 is 14.9 Å². The number of nitrogens with zero attached hydrogens (tertiary/aromatic N) is 7. The molecule has 4 aromatic rings. The van der Waals surface area contributed by atoms with Gasteiger partial charge in [0.1, 0.15) is 18.0 Å². The number of rotatable bonds is 5. The van der Waals surface area contributed by atoms with Crippen molar-refractivity contribution >= 4 is 34.5 Å². The summed E-state index contributed by atoms with van der Waals surface area (Å²) in [7, 11) is 0. The zero-order valence-corrected chi connectivity index (χ0v) is 25.1. The van der Waals surface area contributed by atoms with E-state index < -0.39 is 17.6 Å². The lowest BCUT2D eigenvalue weighted by Crippen LogP contribution is -2.58. The van der Waals surface area contributed by atoms with Crippen molar-refractivity contribution in [3.8, 4) is 16.9 Å². The minimum Gasteiger partial charge on any atom is -0.465 e. The van der Waals surface area contributed by atoms with Gasteiger partial charge in [0.05, 0.1) is 33.2 Å². The second-order valence-electron chi connectivity index (χ2n) is 11.3. The maximum atomic E-state index is 15.0. The van der Waals surface area contributed by atoms with Gasteiger partial charge in [-0.3, -0.25) is 0 Å². The van der Waals surface area contributed by atoms with E-state index in [9.17, 15) is 14.7 Å². The fourth-order valence-corrected chi connectivity index (χ4v) is 5.79. The summed E-state index contributed by atoms with van der Waals surface area (Å²) in [6.07, 6.45) is 0.483. The second kappa shape index (κ2) is 11.3. The van der Waals surface area contributed by atoms with Gasteiger partial charge in [0, 0.05) is 30.7 Å². The zero-order chi connectivity index (χ0) is 30.5. The molecule has 10 nitrogen and oxygen atoms in total. The van der Waals surface area contributed by atoms with E-state index in [1.165, 1.54) is 21.9 Å². The van der Waals surface area contributed by atoms with Crippen LogP contribution in [0.5, 0.6) is 0 Å². The van der Waals surface area contributed by atoms with E-state index >= 15 is 4.39 Å². The van der Waals surface area contributed by atoms with Crippen molar-refractivity contribution < 1.29 is 14.3 Å². The first-order valence-corrected chi connectivity index (χ1v) is 14.3. The van der Waals surface area contributed by atoms with Crippen LogP contribution in [0.3, 0.4) is 0 Å². The quantitative estimate of drug-likeness (QED) is 0.306. The first kappa shape index (κ1) is 29.4. The van der Waals surface area contributed by atoms with Gasteiger partial charge >= 0.3 is 11.8 Å². The SMILES string of the molecule is CC(C)c1ncnc(C(C)C)c1-n1c(=O)nc(N2C[C@@H](C)N(C(=O)O)C[C@@H]2C)c2cc(Cl)c(-c3ccccc3F)nc21. The summed E-state index contributed by atoms with van der Waals surface area (Å²) < 4.78 is 16.4. The van der Waals surface area contributed by atoms with Gasteiger partial charge in [0.25, 0.3) is 0 Å². The summed E-state index contributed by atoms with van der Waals surface area (Å²) in [4.78, 5) is 47.7. The molecule has 12 heteroatoms. The molecule has 1 amide bonds. The standard InChI is InChI=1S/C30H33ClFN7O3/c1-15(2)23-26(24(16(3)4)34-14-33-23)39-28-20(11-21(31)25(35-28)19-9-7-8-10-22(19)32)27(36-29(39)40)37-12-18(6)38(30(41)42)13-17(37)5/h7-11,14-18H,12-13H2,1-6H3,(H,41,42)/t17-,18+/m0/s1. The second-order valence-corrected chi connectivity index (χ2v) is 11.7. The fraction of sp³-hybridized carbons (Fsp3) is 0.400. The monoisotopic (exact) mass is 593 g/mol. The molecule has 1 aliphatic rings. The molecule has 0 bridgehead atoms. The third-order valence-electron chi connectivity index (χ3n) is 7.63. The summed E-state index contributed by atoms with van der Waals surface area (Å²) in [6, 6.07) is 7.17. The van der Waals surface area contributed by atoms with Gasteiger partial charge in [0.15, 0.2) is 5.65 Å². The molecule has 2 atom stereocenters. The summed E-state index contributed by atoms with van der Waals surface area (Å²) in [5.74, 6) is -0.300. The van der Waals surface area contributed by atoms with E-state index in [4.69, 9.17) is 16.6 Å². The highest BCUT2D eigenvalue weighted by molar-refractivity contribution is 6.33. The molecule has 1 saturated heterocycles. The molecule has 1 fully saturated rings. The Bertz CT molecular complexity index is 1720. The molecule has 0 radical (unpaired) electrons. The van der Waals surface area contributed by atoms with Crippen LogP contribution in [0.1, 0.15) is 64.8 Å². The largest absolute Gasteiger partial charge is 0.465 e. The first-order chi connectivity index (χ1) is 19.9. The van der Waals surface area contributed by atoms with E-state index in [1.54, 1.807) is 24.3 Å². The third kappa shape index (κ3) is 5.06. The molecule has 3 aromatic heterocycles. The van der Waals surface area contributed by atoms with E-state index in [2.05, 4.69) is 15.0 Å². The van der Waals surface area contributed by atoms with Crippen molar-refractivity contribution in [1.82, 2.24) is 29.4 Å². The Labute approximate surface area is 247 Å². The van der Waals surface area contributed by atoms with Crippen LogP contribution in [0, 0.1) is 5.82 Å². The van der Waals surface area contributed by atoms with Gasteiger partial charge in [-0.15, -0.1) is 0 Å². The molecule has 0 unspecified atom stereocenters. The number of hydrogen-bond donors (Lipinski definition) is 1. The number of carbonyl (C=O) groups is 1. The van der Waals surface area contributed by atoms with E-state index in [-0.39, 0.29) is 52.4 Å². The normalized spacial score (nSPS) is 17.5. The van der Waals surface area contributed by atoms with E-state index in [1.807, 2.05) is 46.4 Å². The molecule has 1 aromatic carbocycles. The van der Waals surface area contributed by atoms with Crippen LogP contribution >= 0.6 is 11.6 Å². The predicted molar refractivity (Wildman–Crippen MR) is 160 cm³/mol. The van der Waals surface area contributed by atoms with Gasteiger partial charge in [-0.05, 0) is 43.9 Å². The highest BCUT2D eigenvalue weighted by Gasteiger charge is 2.35. The van der Waals surface area contributed by atoms with Crippen LogP contribution in [0.15, 0.2) is 41.5 Å². The average molecular weight is 594 g/mol. The van der Waals surface area contributed by atoms with Crippen molar-refractivity contribution in [2.45, 2.75) is 65.5 Å². The van der Waals surface area contributed by atoms with Crippen molar-refractivity contribution in [1.29, 1.82) is 0 Å².